The van der Waals surface area contributed by atoms with E-state index in [2.05, 4.69) is 4.98 Å². The quantitative estimate of drug-likeness (QED) is 0.913. The van der Waals surface area contributed by atoms with Crippen molar-refractivity contribution in [1.29, 1.82) is 0 Å². The van der Waals surface area contributed by atoms with E-state index in [0.717, 1.165) is 6.07 Å². The number of pyridine rings is 1. The van der Waals surface area contributed by atoms with Gasteiger partial charge in [0, 0.05) is 17.8 Å². The molecule has 0 atom stereocenters. The zero-order chi connectivity index (χ0) is 14.2. The van der Waals surface area contributed by atoms with E-state index in [0.29, 0.717) is 16.9 Å². The van der Waals surface area contributed by atoms with Crippen LogP contribution in [0.2, 0.25) is 0 Å². The maximum absolute atomic E-state index is 12.7. The minimum Gasteiger partial charge on any atom is -0.497 e. The molecule has 0 saturated carbocycles. The van der Waals surface area contributed by atoms with E-state index in [-0.39, 0.29) is 11.2 Å². The van der Waals surface area contributed by atoms with Gasteiger partial charge in [0.05, 0.1) is 25.1 Å². The molecule has 0 saturated heterocycles. The molecule has 102 valence electrons. The van der Waals surface area contributed by atoms with Gasteiger partial charge in [0.2, 0.25) is 0 Å². The third kappa shape index (κ3) is 2.35. The minimum atomic E-state index is -4.56. The van der Waals surface area contributed by atoms with E-state index in [1.54, 1.807) is 0 Å². The fourth-order valence-corrected chi connectivity index (χ4v) is 1.76. The number of hydrogen-bond donors (Lipinski definition) is 1. The Morgan fingerprint density at radius 1 is 1.11 bits per heavy atom. The lowest BCUT2D eigenvalue weighted by atomic mass is 10.1. The van der Waals surface area contributed by atoms with Crippen LogP contribution in [-0.4, -0.2) is 19.2 Å². The van der Waals surface area contributed by atoms with E-state index in [1.807, 2.05) is 0 Å². The van der Waals surface area contributed by atoms with Gasteiger partial charge in [0.25, 0.3) is 0 Å². The van der Waals surface area contributed by atoms with Crippen molar-refractivity contribution in [2.24, 2.45) is 0 Å². The summed E-state index contributed by atoms with van der Waals surface area (Å²) in [6.45, 7) is 0. The molecule has 0 aliphatic heterocycles. The largest absolute Gasteiger partial charge is 0.497 e. The normalized spacial score (nSPS) is 11.6. The summed E-state index contributed by atoms with van der Waals surface area (Å²) in [6.07, 6.45) is -4.56. The average molecular weight is 272 g/mol. The number of aromatic nitrogens is 1. The number of alkyl halides is 3. The van der Waals surface area contributed by atoms with Crippen molar-refractivity contribution in [1.82, 2.24) is 4.98 Å². The molecule has 2 rings (SSSR count). The van der Waals surface area contributed by atoms with Crippen molar-refractivity contribution < 1.29 is 22.6 Å². The Kier molecular flexibility index (Phi) is 3.13. The summed E-state index contributed by atoms with van der Waals surface area (Å²) in [5.74, 6) is 0.656. The minimum absolute atomic E-state index is 0.0446. The number of anilines is 1. The van der Waals surface area contributed by atoms with Gasteiger partial charge in [-0.3, -0.25) is 0 Å². The first-order chi connectivity index (χ1) is 8.86. The molecule has 0 aliphatic carbocycles. The van der Waals surface area contributed by atoms with Gasteiger partial charge >= 0.3 is 6.18 Å². The third-order valence-electron chi connectivity index (χ3n) is 2.62. The number of nitrogen functional groups attached to an aromatic ring is 1. The number of methoxy groups -OCH3 is 2. The van der Waals surface area contributed by atoms with Gasteiger partial charge in [-0.15, -0.1) is 0 Å². The van der Waals surface area contributed by atoms with Crippen molar-refractivity contribution in [3.63, 3.8) is 0 Å². The first-order valence-electron chi connectivity index (χ1n) is 5.26. The highest BCUT2D eigenvalue weighted by Gasteiger charge is 2.33. The highest BCUT2D eigenvalue weighted by molar-refractivity contribution is 5.96. The molecule has 1 aromatic heterocycles. The lowest BCUT2D eigenvalue weighted by Crippen LogP contribution is -2.09. The number of fused-ring (bicyclic) bond motifs is 1. The molecule has 1 aromatic carbocycles. The lowest BCUT2D eigenvalue weighted by molar-refractivity contribution is -0.140. The third-order valence-corrected chi connectivity index (χ3v) is 2.62. The first kappa shape index (κ1) is 13.3. The number of halogens is 3. The van der Waals surface area contributed by atoms with Crippen LogP contribution in [0.5, 0.6) is 11.5 Å². The first-order valence-corrected chi connectivity index (χ1v) is 5.26. The molecular weight excluding hydrogens is 261 g/mol. The molecule has 2 N–H and O–H groups in total. The highest BCUT2D eigenvalue weighted by atomic mass is 19.4. The predicted octanol–water partition coefficient (Wildman–Crippen LogP) is 2.85. The Bertz CT molecular complexity index is 626. The van der Waals surface area contributed by atoms with Gasteiger partial charge in [-0.2, -0.15) is 13.2 Å². The van der Waals surface area contributed by atoms with Crippen LogP contribution in [0, 0.1) is 0 Å². The van der Waals surface area contributed by atoms with Crippen LogP contribution in [0.25, 0.3) is 10.9 Å². The van der Waals surface area contributed by atoms with Crippen LogP contribution in [0.4, 0.5) is 18.9 Å². The van der Waals surface area contributed by atoms with Crippen LogP contribution in [0.1, 0.15) is 5.69 Å². The molecule has 2 aromatic rings. The zero-order valence-electron chi connectivity index (χ0n) is 10.2. The summed E-state index contributed by atoms with van der Waals surface area (Å²) in [6, 6.07) is 3.70. The Labute approximate surface area is 106 Å². The number of nitrogens with two attached hydrogens (primary N) is 1. The zero-order valence-corrected chi connectivity index (χ0v) is 10.2. The standard InChI is InChI=1S/C12H11F3N2O2/c1-18-6-3-8-11(9(4-6)19-2)7(16)5-10(17-8)12(13,14)15/h3-5H,1-2H3,(H2,16,17). The number of hydrogen-bond acceptors (Lipinski definition) is 4. The molecule has 0 fully saturated rings. The van der Waals surface area contributed by atoms with Crippen LogP contribution < -0.4 is 15.2 Å². The van der Waals surface area contributed by atoms with Crippen molar-refractivity contribution in [2.75, 3.05) is 20.0 Å². The summed E-state index contributed by atoms with van der Waals surface area (Å²) in [5.41, 5.74) is 4.64. The molecule has 1 heterocycles. The Morgan fingerprint density at radius 2 is 1.79 bits per heavy atom. The van der Waals surface area contributed by atoms with Crippen molar-refractivity contribution in [3.8, 4) is 11.5 Å². The van der Waals surface area contributed by atoms with E-state index < -0.39 is 11.9 Å². The van der Waals surface area contributed by atoms with Crippen molar-refractivity contribution in [3.05, 3.63) is 23.9 Å². The number of ether oxygens (including phenoxy) is 2. The monoisotopic (exact) mass is 272 g/mol. The predicted molar refractivity (Wildman–Crippen MR) is 64.3 cm³/mol. The number of benzene rings is 1. The van der Waals surface area contributed by atoms with Gasteiger partial charge in [-0.1, -0.05) is 0 Å². The van der Waals surface area contributed by atoms with E-state index >= 15 is 0 Å². The molecule has 0 unspecified atom stereocenters. The summed E-state index contributed by atoms with van der Waals surface area (Å²) in [7, 11) is 2.79. The molecule has 0 radical (unpaired) electrons. The van der Waals surface area contributed by atoms with Crippen LogP contribution in [0.15, 0.2) is 18.2 Å². The topological polar surface area (TPSA) is 57.4 Å². The smallest absolute Gasteiger partial charge is 0.433 e. The maximum Gasteiger partial charge on any atom is 0.433 e. The van der Waals surface area contributed by atoms with Crippen LogP contribution >= 0.6 is 0 Å². The van der Waals surface area contributed by atoms with Gasteiger partial charge < -0.3 is 15.2 Å². The number of nitrogens with zero attached hydrogens (tertiary/aromatic N) is 1. The highest BCUT2D eigenvalue weighted by Crippen LogP contribution is 2.37. The van der Waals surface area contributed by atoms with Gasteiger partial charge in [-0.05, 0) is 6.07 Å². The Hall–Kier alpha value is -2.18. The molecule has 0 bridgehead atoms. The van der Waals surface area contributed by atoms with Crippen molar-refractivity contribution >= 4 is 16.6 Å². The molecule has 7 heteroatoms. The second-order valence-electron chi connectivity index (χ2n) is 3.82. The summed E-state index contributed by atoms with van der Waals surface area (Å²) in [5, 5.41) is 0.330. The molecule has 0 aliphatic rings. The lowest BCUT2D eigenvalue weighted by Gasteiger charge is -2.13. The Balaban J connectivity index is 2.80. The molecule has 4 nitrogen and oxygen atoms in total. The second-order valence-corrected chi connectivity index (χ2v) is 3.82. The Morgan fingerprint density at radius 3 is 2.32 bits per heavy atom. The molecule has 0 amide bonds. The summed E-state index contributed by atoms with van der Waals surface area (Å²) >= 11 is 0. The fraction of sp³-hybridized carbons (Fsp3) is 0.250. The van der Waals surface area contributed by atoms with E-state index in [1.165, 1.54) is 26.4 Å². The van der Waals surface area contributed by atoms with Gasteiger partial charge in [0.1, 0.15) is 17.2 Å². The molecule has 19 heavy (non-hydrogen) atoms. The average Bonchev–Trinajstić information content (AvgIpc) is 2.35. The van der Waals surface area contributed by atoms with Gasteiger partial charge in [0.15, 0.2) is 0 Å². The van der Waals surface area contributed by atoms with E-state index in [4.69, 9.17) is 15.2 Å². The molecular formula is C12H11F3N2O2. The van der Waals surface area contributed by atoms with Crippen LogP contribution in [-0.2, 0) is 6.18 Å². The summed E-state index contributed by atoms with van der Waals surface area (Å²) in [4.78, 5) is 3.56. The van der Waals surface area contributed by atoms with E-state index in [9.17, 15) is 13.2 Å². The summed E-state index contributed by atoms with van der Waals surface area (Å²) < 4.78 is 48.1. The SMILES string of the molecule is COc1cc(OC)c2c(N)cc(C(F)(F)F)nc2c1. The fourth-order valence-electron chi connectivity index (χ4n) is 1.76. The van der Waals surface area contributed by atoms with Crippen molar-refractivity contribution in [2.45, 2.75) is 6.18 Å². The van der Waals surface area contributed by atoms with Crippen LogP contribution in [0.3, 0.4) is 0 Å². The number of rotatable bonds is 2. The van der Waals surface area contributed by atoms with Gasteiger partial charge in [-0.25, -0.2) is 4.98 Å². The second kappa shape index (κ2) is 4.49. The molecule has 0 spiro atoms. The maximum atomic E-state index is 12.7.